The molecule has 2 unspecified atom stereocenters. The zero-order valence-electron chi connectivity index (χ0n) is 13.5. The van der Waals surface area contributed by atoms with Gasteiger partial charge in [-0.25, -0.2) is 4.39 Å². The van der Waals surface area contributed by atoms with Gasteiger partial charge in [-0.1, -0.05) is 32.9 Å². The van der Waals surface area contributed by atoms with Crippen LogP contribution in [0.1, 0.15) is 33.3 Å². The van der Waals surface area contributed by atoms with Crippen LogP contribution in [0.2, 0.25) is 0 Å². The third-order valence-electron chi connectivity index (χ3n) is 4.11. The van der Waals surface area contributed by atoms with Crippen molar-refractivity contribution in [3.63, 3.8) is 0 Å². The van der Waals surface area contributed by atoms with Gasteiger partial charge in [0.1, 0.15) is 5.82 Å². The van der Waals surface area contributed by atoms with Crippen molar-refractivity contribution in [3.8, 4) is 0 Å². The van der Waals surface area contributed by atoms with E-state index in [0.717, 1.165) is 36.6 Å². The molecule has 1 fully saturated rings. The summed E-state index contributed by atoms with van der Waals surface area (Å²) in [6.07, 6.45) is 0. The number of hydrogen-bond donors (Lipinski definition) is 1. The Hall–Kier alpha value is -0.740. The number of rotatable bonds is 5. The van der Waals surface area contributed by atoms with Crippen LogP contribution in [0.5, 0.6) is 0 Å². The Kier molecular flexibility index (Phi) is 5.94. The van der Waals surface area contributed by atoms with Crippen molar-refractivity contribution < 1.29 is 4.39 Å². The summed E-state index contributed by atoms with van der Waals surface area (Å²) < 4.78 is 14.4. The summed E-state index contributed by atoms with van der Waals surface area (Å²) in [5.41, 5.74) is 1.87. The summed E-state index contributed by atoms with van der Waals surface area (Å²) >= 11 is 1.98. The molecule has 0 radical (unpaired) electrons. The van der Waals surface area contributed by atoms with Crippen LogP contribution in [-0.4, -0.2) is 30.1 Å². The van der Waals surface area contributed by atoms with E-state index in [0.29, 0.717) is 17.2 Å². The molecular formula is C17H27FN2S. The maximum Gasteiger partial charge on any atom is 0.146 e. The van der Waals surface area contributed by atoms with Crippen LogP contribution in [0.15, 0.2) is 18.2 Å². The smallest absolute Gasteiger partial charge is 0.146 e. The second kappa shape index (κ2) is 7.50. The van der Waals surface area contributed by atoms with Gasteiger partial charge in [-0.15, -0.1) is 0 Å². The molecule has 1 N–H and O–H groups in total. The van der Waals surface area contributed by atoms with E-state index in [9.17, 15) is 4.39 Å². The molecule has 21 heavy (non-hydrogen) atoms. The number of nitrogens with one attached hydrogen (secondary N) is 1. The van der Waals surface area contributed by atoms with Crippen LogP contribution in [0.3, 0.4) is 0 Å². The van der Waals surface area contributed by atoms with E-state index >= 15 is 0 Å². The minimum absolute atomic E-state index is 0.0928. The molecule has 0 spiro atoms. The molecule has 2 atom stereocenters. The lowest BCUT2D eigenvalue weighted by molar-refractivity contribution is 0.543. The highest BCUT2D eigenvalue weighted by molar-refractivity contribution is 8.00. The molecule has 4 heteroatoms. The van der Waals surface area contributed by atoms with Gasteiger partial charge in [0.05, 0.1) is 5.69 Å². The maximum atomic E-state index is 14.4. The Labute approximate surface area is 132 Å². The average molecular weight is 310 g/mol. The van der Waals surface area contributed by atoms with Crippen molar-refractivity contribution in [3.05, 3.63) is 29.6 Å². The Morgan fingerprint density at radius 2 is 2.14 bits per heavy atom. The molecule has 0 bridgehead atoms. The molecule has 1 heterocycles. The Balaban J connectivity index is 2.20. The zero-order valence-corrected chi connectivity index (χ0v) is 14.3. The number of nitrogens with zero attached hydrogens (tertiary/aromatic N) is 1. The summed E-state index contributed by atoms with van der Waals surface area (Å²) in [6, 6.07) is 5.81. The molecule has 1 aromatic rings. The van der Waals surface area contributed by atoms with Gasteiger partial charge in [-0.2, -0.15) is 11.8 Å². The standard InChI is InChI=1S/C17H27FN2S/c1-12(2)10-19-11-15-6-5-7-16(18)17(15)20-8-9-21-14(4)13(20)3/h5-7,12-14,19H,8-11H2,1-4H3. The maximum absolute atomic E-state index is 14.4. The quantitative estimate of drug-likeness (QED) is 0.888. The van der Waals surface area contributed by atoms with Gasteiger partial charge in [0.15, 0.2) is 0 Å². The monoisotopic (exact) mass is 310 g/mol. The number of thioether (sulfide) groups is 1. The predicted octanol–water partition coefficient (Wildman–Crippen LogP) is 3.90. The first-order chi connectivity index (χ1) is 10.0. The summed E-state index contributed by atoms with van der Waals surface area (Å²) in [6.45, 7) is 11.4. The third kappa shape index (κ3) is 4.13. The minimum atomic E-state index is -0.0928. The summed E-state index contributed by atoms with van der Waals surface area (Å²) in [5.74, 6) is 1.58. The van der Waals surface area contributed by atoms with Crippen molar-refractivity contribution in [2.24, 2.45) is 5.92 Å². The van der Waals surface area contributed by atoms with E-state index < -0.39 is 0 Å². The zero-order chi connectivity index (χ0) is 15.4. The van der Waals surface area contributed by atoms with Gasteiger partial charge in [-0.05, 0) is 31.0 Å². The minimum Gasteiger partial charge on any atom is -0.364 e. The van der Waals surface area contributed by atoms with E-state index in [1.165, 1.54) is 0 Å². The van der Waals surface area contributed by atoms with Gasteiger partial charge in [0, 0.05) is 30.1 Å². The fourth-order valence-corrected chi connectivity index (χ4v) is 3.87. The van der Waals surface area contributed by atoms with E-state index in [1.807, 2.05) is 23.9 Å². The fourth-order valence-electron chi connectivity index (χ4n) is 2.77. The Bertz CT molecular complexity index is 464. The molecule has 0 amide bonds. The predicted molar refractivity (Wildman–Crippen MR) is 91.7 cm³/mol. The molecule has 118 valence electrons. The molecule has 1 aromatic carbocycles. The first-order valence-corrected chi connectivity index (χ1v) is 8.92. The topological polar surface area (TPSA) is 15.3 Å². The number of anilines is 1. The number of hydrogen-bond acceptors (Lipinski definition) is 3. The first-order valence-electron chi connectivity index (χ1n) is 7.87. The van der Waals surface area contributed by atoms with Crippen LogP contribution in [0, 0.1) is 11.7 Å². The normalized spacial score (nSPS) is 22.9. The molecule has 1 saturated heterocycles. The Morgan fingerprint density at radius 1 is 1.38 bits per heavy atom. The summed E-state index contributed by atoms with van der Waals surface area (Å²) in [4.78, 5) is 2.25. The lowest BCUT2D eigenvalue weighted by atomic mass is 10.1. The Morgan fingerprint density at radius 3 is 2.86 bits per heavy atom. The molecular weight excluding hydrogens is 283 g/mol. The fraction of sp³-hybridized carbons (Fsp3) is 0.647. The summed E-state index contributed by atoms with van der Waals surface area (Å²) in [5, 5.41) is 3.97. The van der Waals surface area contributed by atoms with Crippen LogP contribution >= 0.6 is 11.8 Å². The molecule has 1 aliphatic rings. The van der Waals surface area contributed by atoms with Crippen molar-refractivity contribution >= 4 is 17.4 Å². The molecule has 0 saturated carbocycles. The highest BCUT2D eigenvalue weighted by Crippen LogP contribution is 2.33. The van der Waals surface area contributed by atoms with Crippen LogP contribution in [0.4, 0.5) is 10.1 Å². The van der Waals surface area contributed by atoms with Crippen LogP contribution in [0.25, 0.3) is 0 Å². The lowest BCUT2D eigenvalue weighted by Gasteiger charge is -2.40. The second-order valence-electron chi connectivity index (χ2n) is 6.28. The molecule has 1 aliphatic heterocycles. The highest BCUT2D eigenvalue weighted by atomic mass is 32.2. The van der Waals surface area contributed by atoms with E-state index in [4.69, 9.17) is 0 Å². The van der Waals surface area contributed by atoms with Gasteiger partial charge >= 0.3 is 0 Å². The largest absolute Gasteiger partial charge is 0.364 e. The van der Waals surface area contributed by atoms with Gasteiger partial charge in [0.2, 0.25) is 0 Å². The number of para-hydroxylation sites is 1. The number of halogens is 1. The molecule has 0 aliphatic carbocycles. The summed E-state index contributed by atoms with van der Waals surface area (Å²) in [7, 11) is 0. The first kappa shape index (κ1) is 16.6. The van der Waals surface area contributed by atoms with Gasteiger partial charge < -0.3 is 10.2 Å². The van der Waals surface area contributed by atoms with Crippen LogP contribution in [-0.2, 0) is 6.54 Å². The van der Waals surface area contributed by atoms with Crippen molar-refractivity contribution in [2.75, 3.05) is 23.7 Å². The van der Waals surface area contributed by atoms with Crippen molar-refractivity contribution in [1.29, 1.82) is 0 Å². The third-order valence-corrected chi connectivity index (χ3v) is 5.45. The van der Waals surface area contributed by atoms with Crippen molar-refractivity contribution in [1.82, 2.24) is 5.32 Å². The van der Waals surface area contributed by atoms with Gasteiger partial charge in [0.25, 0.3) is 0 Å². The second-order valence-corrected chi connectivity index (χ2v) is 7.77. The highest BCUT2D eigenvalue weighted by Gasteiger charge is 2.28. The SMILES string of the molecule is CC(C)CNCc1cccc(F)c1N1CCSC(C)C1C. The lowest BCUT2D eigenvalue weighted by Crippen LogP contribution is -2.45. The van der Waals surface area contributed by atoms with Crippen molar-refractivity contribution in [2.45, 2.75) is 45.5 Å². The van der Waals surface area contributed by atoms with Gasteiger partial charge in [-0.3, -0.25) is 0 Å². The van der Waals surface area contributed by atoms with E-state index in [-0.39, 0.29) is 5.82 Å². The van der Waals surface area contributed by atoms with Crippen LogP contribution < -0.4 is 10.2 Å². The average Bonchev–Trinajstić information content (AvgIpc) is 2.42. The molecule has 2 rings (SSSR count). The number of benzene rings is 1. The molecule has 2 nitrogen and oxygen atoms in total. The van der Waals surface area contributed by atoms with E-state index in [2.05, 4.69) is 37.9 Å². The molecule has 0 aromatic heterocycles. The van der Waals surface area contributed by atoms with E-state index in [1.54, 1.807) is 6.07 Å².